The van der Waals surface area contributed by atoms with Gasteiger partial charge in [-0.3, -0.25) is 9.48 Å². The number of rotatable bonds is 7. The van der Waals surface area contributed by atoms with Gasteiger partial charge in [-0.25, -0.2) is 0 Å². The van der Waals surface area contributed by atoms with E-state index in [2.05, 4.69) is 15.2 Å². The number of ether oxygens (including phenoxy) is 1. The summed E-state index contributed by atoms with van der Waals surface area (Å²) >= 11 is 0. The van der Waals surface area contributed by atoms with Crippen molar-refractivity contribution in [3.05, 3.63) is 29.2 Å². The minimum atomic E-state index is -0.0376. The number of aromatic nitrogens is 4. The number of hydrogen-bond donors (Lipinski definition) is 0. The zero-order chi connectivity index (χ0) is 18.1. The van der Waals surface area contributed by atoms with Gasteiger partial charge in [-0.15, -0.1) is 0 Å². The molecule has 0 aromatic carbocycles. The van der Waals surface area contributed by atoms with Crippen LogP contribution in [-0.4, -0.2) is 57.0 Å². The smallest absolute Gasteiger partial charge is 0.274 e. The molecule has 3 heterocycles. The normalized spacial score (nSPS) is 20.1. The molecular formula is C18H25N5O3. The number of hydrogen-bond acceptors (Lipinski definition) is 6. The van der Waals surface area contributed by atoms with Gasteiger partial charge in [0.05, 0.1) is 12.5 Å². The molecule has 0 spiro atoms. The summed E-state index contributed by atoms with van der Waals surface area (Å²) in [7, 11) is 1.84. The molecule has 2 fully saturated rings. The Labute approximate surface area is 152 Å². The van der Waals surface area contributed by atoms with Gasteiger partial charge in [0.25, 0.3) is 5.91 Å². The first kappa shape index (κ1) is 17.2. The summed E-state index contributed by atoms with van der Waals surface area (Å²) in [5.74, 6) is 2.12. The van der Waals surface area contributed by atoms with Crippen LogP contribution in [0.25, 0.3) is 0 Å². The molecule has 1 unspecified atom stereocenters. The SMILES string of the molecule is Cc1cc(C(=O)N2CCC(c3nc(CCOCC4CC4)no3)C2)nn1C. The van der Waals surface area contributed by atoms with Gasteiger partial charge in [-0.05, 0) is 38.2 Å². The summed E-state index contributed by atoms with van der Waals surface area (Å²) in [6.45, 7) is 4.68. The largest absolute Gasteiger partial charge is 0.381 e. The van der Waals surface area contributed by atoms with Gasteiger partial charge in [-0.1, -0.05) is 5.16 Å². The van der Waals surface area contributed by atoms with E-state index in [1.165, 1.54) is 12.8 Å². The fourth-order valence-electron chi connectivity index (χ4n) is 3.21. The second kappa shape index (κ2) is 7.19. The average molecular weight is 359 g/mol. The van der Waals surface area contributed by atoms with Crippen LogP contribution in [0.1, 0.15) is 53.1 Å². The zero-order valence-corrected chi connectivity index (χ0v) is 15.3. The van der Waals surface area contributed by atoms with Crippen molar-refractivity contribution in [1.82, 2.24) is 24.8 Å². The fraction of sp³-hybridized carbons (Fsp3) is 0.667. The molecular weight excluding hydrogens is 334 g/mol. The molecule has 4 rings (SSSR count). The van der Waals surface area contributed by atoms with E-state index < -0.39 is 0 Å². The Hall–Kier alpha value is -2.22. The van der Waals surface area contributed by atoms with Crippen LogP contribution in [0.3, 0.4) is 0 Å². The monoisotopic (exact) mass is 359 g/mol. The van der Waals surface area contributed by atoms with E-state index in [1.807, 2.05) is 24.9 Å². The van der Waals surface area contributed by atoms with E-state index in [9.17, 15) is 4.79 Å². The van der Waals surface area contributed by atoms with Crippen LogP contribution < -0.4 is 0 Å². The number of likely N-dealkylation sites (tertiary alicyclic amines) is 1. The maximum atomic E-state index is 12.6. The third-order valence-electron chi connectivity index (χ3n) is 5.16. The highest BCUT2D eigenvalue weighted by molar-refractivity contribution is 5.92. The van der Waals surface area contributed by atoms with E-state index >= 15 is 0 Å². The van der Waals surface area contributed by atoms with Crippen LogP contribution in [0.4, 0.5) is 0 Å². The molecule has 2 aliphatic rings. The number of aryl methyl sites for hydroxylation is 2. The summed E-state index contributed by atoms with van der Waals surface area (Å²) in [5, 5.41) is 8.33. The highest BCUT2D eigenvalue weighted by Crippen LogP contribution is 2.29. The maximum Gasteiger partial charge on any atom is 0.274 e. The molecule has 1 atom stereocenters. The number of carbonyl (C=O) groups excluding carboxylic acids is 1. The van der Waals surface area contributed by atoms with E-state index in [4.69, 9.17) is 9.26 Å². The van der Waals surface area contributed by atoms with Crippen LogP contribution >= 0.6 is 0 Å². The average Bonchev–Trinajstić information content (AvgIpc) is 3.01. The minimum Gasteiger partial charge on any atom is -0.381 e. The molecule has 1 saturated heterocycles. The predicted octanol–water partition coefficient (Wildman–Crippen LogP) is 1.71. The lowest BCUT2D eigenvalue weighted by Gasteiger charge is -2.13. The Morgan fingerprint density at radius 2 is 2.23 bits per heavy atom. The van der Waals surface area contributed by atoms with Crippen LogP contribution in [0.5, 0.6) is 0 Å². The Morgan fingerprint density at radius 3 is 2.96 bits per heavy atom. The lowest BCUT2D eigenvalue weighted by molar-refractivity contribution is 0.0783. The summed E-state index contributed by atoms with van der Waals surface area (Å²) in [4.78, 5) is 18.9. The highest BCUT2D eigenvalue weighted by atomic mass is 16.5. The van der Waals surface area contributed by atoms with Crippen molar-refractivity contribution in [3.63, 3.8) is 0 Å². The summed E-state index contributed by atoms with van der Waals surface area (Å²) in [5.41, 5.74) is 1.46. The lowest BCUT2D eigenvalue weighted by atomic mass is 10.1. The number of nitrogens with zero attached hydrogens (tertiary/aromatic N) is 5. The first-order valence-electron chi connectivity index (χ1n) is 9.30. The van der Waals surface area contributed by atoms with Gasteiger partial charge in [-0.2, -0.15) is 10.1 Å². The van der Waals surface area contributed by atoms with Crippen molar-refractivity contribution in [2.45, 2.75) is 38.5 Å². The van der Waals surface area contributed by atoms with E-state index in [1.54, 1.807) is 4.68 Å². The quantitative estimate of drug-likeness (QED) is 0.700. The Bertz CT molecular complexity index is 760. The summed E-state index contributed by atoms with van der Waals surface area (Å²) in [6, 6.07) is 1.82. The molecule has 1 saturated carbocycles. The van der Waals surface area contributed by atoms with Gasteiger partial charge >= 0.3 is 0 Å². The van der Waals surface area contributed by atoms with Crippen molar-refractivity contribution in [1.29, 1.82) is 0 Å². The van der Waals surface area contributed by atoms with Gasteiger partial charge in [0.2, 0.25) is 5.89 Å². The van der Waals surface area contributed by atoms with Crippen molar-refractivity contribution in [2.24, 2.45) is 13.0 Å². The van der Waals surface area contributed by atoms with E-state index in [0.29, 0.717) is 43.5 Å². The Kier molecular flexibility index (Phi) is 4.76. The third-order valence-corrected chi connectivity index (χ3v) is 5.16. The van der Waals surface area contributed by atoms with Crippen LogP contribution in [0.15, 0.2) is 10.6 Å². The molecule has 0 N–H and O–H groups in total. The molecule has 1 aliphatic heterocycles. The van der Waals surface area contributed by atoms with Crippen molar-refractivity contribution < 1.29 is 14.1 Å². The van der Waals surface area contributed by atoms with Crippen LogP contribution in [0.2, 0.25) is 0 Å². The summed E-state index contributed by atoms with van der Waals surface area (Å²) < 4.78 is 12.8. The van der Waals surface area contributed by atoms with Crippen molar-refractivity contribution in [2.75, 3.05) is 26.3 Å². The lowest BCUT2D eigenvalue weighted by Crippen LogP contribution is -2.29. The van der Waals surface area contributed by atoms with Crippen molar-refractivity contribution >= 4 is 5.91 Å². The van der Waals surface area contributed by atoms with E-state index in [0.717, 1.165) is 24.6 Å². The minimum absolute atomic E-state index is 0.0376. The molecule has 1 aliphatic carbocycles. The number of carbonyl (C=O) groups is 1. The van der Waals surface area contributed by atoms with E-state index in [-0.39, 0.29) is 11.8 Å². The molecule has 140 valence electrons. The second-order valence-electron chi connectivity index (χ2n) is 7.35. The first-order valence-corrected chi connectivity index (χ1v) is 9.30. The molecule has 26 heavy (non-hydrogen) atoms. The first-order chi connectivity index (χ1) is 12.6. The maximum absolute atomic E-state index is 12.6. The van der Waals surface area contributed by atoms with Gasteiger partial charge in [0.1, 0.15) is 0 Å². The standard InChI is InChI=1S/C18H25N5O3/c1-12-9-15(20-22(12)2)18(24)23-7-5-14(10-23)17-19-16(21-26-17)6-8-25-11-13-3-4-13/h9,13-14H,3-8,10-11H2,1-2H3. The molecule has 8 heteroatoms. The Balaban J connectivity index is 1.29. The Morgan fingerprint density at radius 1 is 1.38 bits per heavy atom. The van der Waals surface area contributed by atoms with Gasteiger partial charge < -0.3 is 14.2 Å². The third kappa shape index (κ3) is 3.80. The van der Waals surface area contributed by atoms with Crippen molar-refractivity contribution in [3.8, 4) is 0 Å². The van der Waals surface area contributed by atoms with Crippen LogP contribution in [0, 0.1) is 12.8 Å². The number of amides is 1. The van der Waals surface area contributed by atoms with Gasteiger partial charge in [0.15, 0.2) is 11.5 Å². The molecule has 2 aromatic heterocycles. The molecule has 0 bridgehead atoms. The fourth-order valence-corrected chi connectivity index (χ4v) is 3.21. The topological polar surface area (TPSA) is 86.3 Å². The summed E-state index contributed by atoms with van der Waals surface area (Å²) in [6.07, 6.45) is 4.08. The zero-order valence-electron chi connectivity index (χ0n) is 15.3. The predicted molar refractivity (Wildman–Crippen MR) is 92.8 cm³/mol. The molecule has 2 aromatic rings. The molecule has 1 amide bonds. The van der Waals surface area contributed by atoms with Crippen LogP contribution in [-0.2, 0) is 18.2 Å². The highest BCUT2D eigenvalue weighted by Gasteiger charge is 2.32. The molecule has 0 radical (unpaired) electrons. The molecule has 8 nitrogen and oxygen atoms in total. The van der Waals surface area contributed by atoms with Gasteiger partial charge in [0, 0.05) is 38.9 Å². The second-order valence-corrected chi connectivity index (χ2v) is 7.35.